The monoisotopic (exact) mass is 276 g/mol. The lowest BCUT2D eigenvalue weighted by atomic mass is 9.63. The molecule has 1 aromatic heterocycles. The molecule has 0 radical (unpaired) electrons. The van der Waals surface area contributed by atoms with Crippen LogP contribution in [0.1, 0.15) is 56.3 Å². The highest BCUT2D eigenvalue weighted by Crippen LogP contribution is 2.46. The Bertz CT molecular complexity index is 468. The topological polar surface area (TPSA) is 36.7 Å². The van der Waals surface area contributed by atoms with Gasteiger partial charge in [-0.05, 0) is 43.9 Å². The maximum Gasteiger partial charge on any atom is 0.0896 e. The number of aryl methyl sites for hydroxylation is 1. The third-order valence-corrected chi connectivity index (χ3v) is 5.50. The molecule has 0 spiro atoms. The number of thiazole rings is 1. The van der Waals surface area contributed by atoms with E-state index in [1.165, 1.54) is 17.7 Å². The highest BCUT2D eigenvalue weighted by molar-refractivity contribution is 7.11. The molecular weight excluding hydrogens is 252 g/mol. The second-order valence-corrected chi connectivity index (χ2v) is 8.37. The summed E-state index contributed by atoms with van der Waals surface area (Å²) < 4.78 is 0. The highest BCUT2D eigenvalue weighted by Gasteiger charge is 2.39. The lowest BCUT2D eigenvalue weighted by Crippen LogP contribution is -2.33. The molecule has 0 N–H and O–H groups in total. The van der Waals surface area contributed by atoms with E-state index in [-0.39, 0.29) is 5.41 Å². The average molecular weight is 276 g/mol. The molecule has 1 fully saturated rings. The Labute approximate surface area is 120 Å². The average Bonchev–Trinajstić information content (AvgIpc) is 2.74. The Morgan fingerprint density at radius 3 is 2.47 bits per heavy atom. The Kier molecular flexibility index (Phi) is 4.01. The molecule has 0 unspecified atom stereocenters. The fourth-order valence-corrected chi connectivity index (χ4v) is 4.12. The normalized spacial score (nSPS) is 28.1. The maximum atomic E-state index is 9.63. The first-order valence-electron chi connectivity index (χ1n) is 7.17. The van der Waals surface area contributed by atoms with Crippen LogP contribution < -0.4 is 0 Å². The van der Waals surface area contributed by atoms with Crippen LogP contribution in [0, 0.1) is 35.0 Å². The molecule has 104 valence electrons. The van der Waals surface area contributed by atoms with Gasteiger partial charge >= 0.3 is 0 Å². The van der Waals surface area contributed by atoms with E-state index in [0.717, 1.165) is 30.2 Å². The third-order valence-electron chi connectivity index (χ3n) is 4.59. The molecule has 0 aromatic carbocycles. The van der Waals surface area contributed by atoms with E-state index >= 15 is 0 Å². The van der Waals surface area contributed by atoms with E-state index < -0.39 is 0 Å². The molecule has 1 heterocycles. The summed E-state index contributed by atoms with van der Waals surface area (Å²) in [6.07, 6.45) is 7.31. The zero-order valence-electron chi connectivity index (χ0n) is 12.5. The molecule has 0 aliphatic heterocycles. The van der Waals surface area contributed by atoms with Gasteiger partial charge in [0, 0.05) is 17.5 Å². The number of hydrogen-bond acceptors (Lipinski definition) is 3. The summed E-state index contributed by atoms with van der Waals surface area (Å²) >= 11 is 1.74. The fourth-order valence-electron chi connectivity index (χ4n) is 3.19. The van der Waals surface area contributed by atoms with Crippen LogP contribution in [0.4, 0.5) is 0 Å². The summed E-state index contributed by atoms with van der Waals surface area (Å²) in [6, 6.07) is 2.63. The SMILES string of the molecule is Cc1ncc(CC2(C#N)CCC(C(C)(C)C)CC2)s1. The lowest BCUT2D eigenvalue weighted by molar-refractivity contribution is 0.121. The molecule has 2 rings (SSSR count). The number of aromatic nitrogens is 1. The molecule has 1 aromatic rings. The summed E-state index contributed by atoms with van der Waals surface area (Å²) in [5.41, 5.74) is 0.239. The van der Waals surface area contributed by atoms with Crippen LogP contribution in [-0.2, 0) is 6.42 Å². The van der Waals surface area contributed by atoms with Crippen molar-refractivity contribution in [2.45, 2.75) is 59.8 Å². The van der Waals surface area contributed by atoms with E-state index in [2.05, 4.69) is 31.8 Å². The van der Waals surface area contributed by atoms with Crippen LogP contribution in [-0.4, -0.2) is 4.98 Å². The number of nitrogens with zero attached hydrogens (tertiary/aromatic N) is 2. The molecule has 19 heavy (non-hydrogen) atoms. The van der Waals surface area contributed by atoms with Gasteiger partial charge in [0.25, 0.3) is 0 Å². The van der Waals surface area contributed by atoms with E-state index in [9.17, 15) is 5.26 Å². The first-order valence-corrected chi connectivity index (χ1v) is 7.99. The van der Waals surface area contributed by atoms with Gasteiger partial charge in [-0.3, -0.25) is 0 Å². The minimum absolute atomic E-state index is 0.138. The summed E-state index contributed by atoms with van der Waals surface area (Å²) in [4.78, 5) is 5.58. The van der Waals surface area contributed by atoms with Crippen molar-refractivity contribution >= 4 is 11.3 Å². The zero-order chi connectivity index (χ0) is 14.1. The Morgan fingerprint density at radius 1 is 1.42 bits per heavy atom. The Balaban J connectivity index is 2.04. The summed E-state index contributed by atoms with van der Waals surface area (Å²) in [5.74, 6) is 0.761. The van der Waals surface area contributed by atoms with Crippen molar-refractivity contribution in [1.29, 1.82) is 5.26 Å². The van der Waals surface area contributed by atoms with Gasteiger partial charge in [-0.2, -0.15) is 5.26 Å². The van der Waals surface area contributed by atoms with E-state index in [1.807, 2.05) is 13.1 Å². The van der Waals surface area contributed by atoms with Crippen LogP contribution in [0.5, 0.6) is 0 Å². The maximum absolute atomic E-state index is 9.63. The minimum Gasteiger partial charge on any atom is -0.250 e. The Morgan fingerprint density at radius 2 is 2.05 bits per heavy atom. The van der Waals surface area contributed by atoms with Crippen LogP contribution in [0.2, 0.25) is 0 Å². The molecule has 0 bridgehead atoms. The van der Waals surface area contributed by atoms with Gasteiger partial charge in [0.15, 0.2) is 0 Å². The fraction of sp³-hybridized carbons (Fsp3) is 0.750. The minimum atomic E-state index is -0.138. The predicted molar refractivity (Wildman–Crippen MR) is 80.0 cm³/mol. The molecule has 2 nitrogen and oxygen atoms in total. The zero-order valence-corrected chi connectivity index (χ0v) is 13.3. The van der Waals surface area contributed by atoms with Crippen LogP contribution in [0.15, 0.2) is 6.20 Å². The smallest absolute Gasteiger partial charge is 0.0896 e. The second-order valence-electron chi connectivity index (χ2n) is 7.05. The molecule has 3 heteroatoms. The van der Waals surface area contributed by atoms with E-state index in [1.54, 1.807) is 11.3 Å². The van der Waals surface area contributed by atoms with Gasteiger partial charge in [-0.1, -0.05) is 20.8 Å². The van der Waals surface area contributed by atoms with Crippen LogP contribution >= 0.6 is 11.3 Å². The summed E-state index contributed by atoms with van der Waals surface area (Å²) in [7, 11) is 0. The number of hydrogen-bond donors (Lipinski definition) is 0. The van der Waals surface area contributed by atoms with Gasteiger partial charge < -0.3 is 0 Å². The van der Waals surface area contributed by atoms with Gasteiger partial charge in [0.2, 0.25) is 0 Å². The van der Waals surface area contributed by atoms with Gasteiger partial charge in [0.05, 0.1) is 16.5 Å². The van der Waals surface area contributed by atoms with Crippen LogP contribution in [0.3, 0.4) is 0 Å². The summed E-state index contributed by atoms with van der Waals surface area (Å²) in [5, 5.41) is 10.7. The van der Waals surface area contributed by atoms with E-state index in [0.29, 0.717) is 5.41 Å². The molecule has 0 saturated heterocycles. The van der Waals surface area contributed by atoms with Crippen molar-refractivity contribution in [3.63, 3.8) is 0 Å². The summed E-state index contributed by atoms with van der Waals surface area (Å²) in [6.45, 7) is 9.00. The van der Waals surface area contributed by atoms with Crippen molar-refractivity contribution < 1.29 is 0 Å². The van der Waals surface area contributed by atoms with Crippen molar-refractivity contribution in [3.8, 4) is 6.07 Å². The van der Waals surface area contributed by atoms with Crippen molar-refractivity contribution in [2.75, 3.05) is 0 Å². The lowest BCUT2D eigenvalue weighted by Gasteiger charge is -2.40. The first-order chi connectivity index (χ1) is 8.85. The second kappa shape index (κ2) is 5.25. The van der Waals surface area contributed by atoms with Crippen molar-refractivity contribution in [3.05, 3.63) is 16.1 Å². The number of rotatable bonds is 2. The van der Waals surface area contributed by atoms with Gasteiger partial charge in [-0.15, -0.1) is 11.3 Å². The highest BCUT2D eigenvalue weighted by atomic mass is 32.1. The molecule has 0 amide bonds. The quantitative estimate of drug-likeness (QED) is 0.782. The van der Waals surface area contributed by atoms with Crippen molar-refractivity contribution in [1.82, 2.24) is 4.98 Å². The predicted octanol–water partition coefficient (Wildman–Crippen LogP) is 4.74. The molecule has 1 saturated carbocycles. The molecule has 1 aliphatic rings. The molecule has 1 aliphatic carbocycles. The van der Waals surface area contributed by atoms with E-state index in [4.69, 9.17) is 0 Å². The molecular formula is C16H24N2S. The standard InChI is InChI=1S/C16H24N2S/c1-12-18-10-14(19-12)9-16(11-17)7-5-13(6-8-16)15(2,3)4/h10,13H,5-9H2,1-4H3. The molecule has 0 atom stereocenters. The van der Waals surface area contributed by atoms with Crippen molar-refractivity contribution in [2.24, 2.45) is 16.7 Å². The van der Waals surface area contributed by atoms with Gasteiger partial charge in [-0.25, -0.2) is 4.98 Å². The largest absolute Gasteiger partial charge is 0.250 e. The Hall–Kier alpha value is -0.880. The number of nitriles is 1. The van der Waals surface area contributed by atoms with Gasteiger partial charge in [0.1, 0.15) is 0 Å². The first kappa shape index (κ1) is 14.5. The third kappa shape index (κ3) is 3.36. The van der Waals surface area contributed by atoms with Crippen LogP contribution in [0.25, 0.3) is 0 Å².